The summed E-state index contributed by atoms with van der Waals surface area (Å²) in [5.41, 5.74) is 0.0658. The van der Waals surface area contributed by atoms with Crippen molar-refractivity contribution in [3.8, 4) is 0 Å². The molecule has 0 aliphatic heterocycles. The van der Waals surface area contributed by atoms with Crippen LogP contribution >= 0.6 is 12.2 Å². The number of hydrogen-bond donors (Lipinski definition) is 0. The van der Waals surface area contributed by atoms with Crippen molar-refractivity contribution in [3.63, 3.8) is 0 Å². The lowest BCUT2D eigenvalue weighted by molar-refractivity contribution is -0.114. The Morgan fingerprint density at radius 2 is 1.82 bits per heavy atom. The molecule has 0 atom stereocenters. The Bertz CT molecular complexity index is 165. The van der Waals surface area contributed by atoms with E-state index in [2.05, 4.69) is 0 Å². The zero-order chi connectivity index (χ0) is 9.07. The minimum absolute atomic E-state index is 0.0658. The monoisotopic (exact) mass is 172 g/mol. The molecule has 0 rings (SSSR count). The molecule has 1 nitrogen and oxygen atoms in total. The maximum absolute atomic E-state index is 11.2. The Morgan fingerprint density at radius 3 is 2.09 bits per heavy atom. The summed E-state index contributed by atoms with van der Waals surface area (Å²) in [6.07, 6.45) is 1.27. The molecule has 0 aromatic rings. The van der Waals surface area contributed by atoms with Crippen molar-refractivity contribution in [1.29, 1.82) is 0 Å². The van der Waals surface area contributed by atoms with Crippen molar-refractivity contribution in [2.45, 2.75) is 40.5 Å². The fourth-order valence-corrected chi connectivity index (χ4v) is 0.850. The van der Waals surface area contributed by atoms with Crippen molar-refractivity contribution in [3.05, 3.63) is 0 Å². The fourth-order valence-electron chi connectivity index (χ4n) is 0.777. The zero-order valence-electron chi connectivity index (χ0n) is 7.73. The number of hydrogen-bond acceptors (Lipinski definition) is 2. The van der Waals surface area contributed by atoms with Crippen LogP contribution in [0.5, 0.6) is 0 Å². The second-order valence-electron chi connectivity index (χ2n) is 3.94. The van der Waals surface area contributed by atoms with Crippen LogP contribution in [0.25, 0.3) is 0 Å². The van der Waals surface area contributed by atoms with Gasteiger partial charge in [-0.3, -0.25) is 4.79 Å². The van der Waals surface area contributed by atoms with E-state index in [0.717, 1.165) is 0 Å². The molecule has 0 saturated carbocycles. The average molecular weight is 172 g/mol. The lowest BCUT2D eigenvalue weighted by Gasteiger charge is -2.16. The van der Waals surface area contributed by atoms with Crippen molar-refractivity contribution >= 4 is 22.9 Å². The van der Waals surface area contributed by atoms with Gasteiger partial charge in [0.15, 0.2) is 5.78 Å². The van der Waals surface area contributed by atoms with Crippen LogP contribution in [-0.2, 0) is 4.79 Å². The molecule has 0 spiro atoms. The lowest BCUT2D eigenvalue weighted by Crippen LogP contribution is -2.18. The Labute approximate surface area is 74.2 Å². The fraction of sp³-hybridized carbons (Fsp3) is 0.778. The van der Waals surface area contributed by atoms with Gasteiger partial charge >= 0.3 is 0 Å². The van der Waals surface area contributed by atoms with Gasteiger partial charge in [-0.05, 0) is 11.8 Å². The van der Waals surface area contributed by atoms with Crippen LogP contribution in [0.4, 0.5) is 0 Å². The minimum Gasteiger partial charge on any atom is -0.294 e. The molecule has 0 aromatic heterocycles. The van der Waals surface area contributed by atoms with Crippen LogP contribution in [-0.4, -0.2) is 10.6 Å². The number of ketones is 1. The highest BCUT2D eigenvalue weighted by Crippen LogP contribution is 2.19. The molecule has 0 heterocycles. The summed E-state index contributed by atoms with van der Waals surface area (Å²) in [4.78, 5) is 11.8. The third-order valence-electron chi connectivity index (χ3n) is 1.32. The summed E-state index contributed by atoms with van der Waals surface area (Å²) >= 11 is 4.90. The number of thiocarbonyl (C=S) groups is 1. The number of carbonyl (C=O) groups is 1. The van der Waals surface area contributed by atoms with E-state index in [1.165, 1.54) is 0 Å². The highest BCUT2D eigenvalue weighted by atomic mass is 32.1. The van der Waals surface area contributed by atoms with E-state index >= 15 is 0 Å². The maximum atomic E-state index is 11.2. The molecular weight excluding hydrogens is 156 g/mol. The lowest BCUT2D eigenvalue weighted by atomic mass is 9.89. The summed E-state index contributed by atoms with van der Waals surface area (Å²) < 4.78 is 0. The maximum Gasteiger partial charge on any atom is 0.170 e. The van der Waals surface area contributed by atoms with Gasteiger partial charge in [0.2, 0.25) is 0 Å². The Kier molecular flexibility index (Phi) is 3.87. The Morgan fingerprint density at radius 1 is 1.36 bits per heavy atom. The molecule has 0 unspecified atom stereocenters. The van der Waals surface area contributed by atoms with Gasteiger partial charge in [0.25, 0.3) is 0 Å². The van der Waals surface area contributed by atoms with Crippen LogP contribution in [0.3, 0.4) is 0 Å². The van der Waals surface area contributed by atoms with Gasteiger partial charge in [-0.15, -0.1) is 0 Å². The normalized spacial score (nSPS) is 11.3. The molecule has 0 amide bonds. The van der Waals surface area contributed by atoms with Gasteiger partial charge in [0, 0.05) is 6.42 Å². The topological polar surface area (TPSA) is 17.1 Å². The summed E-state index contributed by atoms with van der Waals surface area (Å²) in [6, 6.07) is 0. The molecule has 0 aromatic carbocycles. The van der Waals surface area contributed by atoms with Crippen LogP contribution in [0.1, 0.15) is 40.5 Å². The zero-order valence-corrected chi connectivity index (χ0v) is 8.55. The summed E-state index contributed by atoms with van der Waals surface area (Å²) in [7, 11) is 0. The summed E-state index contributed by atoms with van der Waals surface area (Å²) in [5.74, 6) is 0.134. The predicted molar refractivity (Wildman–Crippen MR) is 52.0 cm³/mol. The molecule has 11 heavy (non-hydrogen) atoms. The molecule has 0 radical (unpaired) electrons. The van der Waals surface area contributed by atoms with Gasteiger partial charge in [-0.2, -0.15) is 0 Å². The van der Waals surface area contributed by atoms with Gasteiger partial charge < -0.3 is 0 Å². The molecule has 0 bridgehead atoms. The molecule has 2 heteroatoms. The van der Waals surface area contributed by atoms with E-state index in [1.54, 1.807) is 0 Å². The second-order valence-corrected chi connectivity index (χ2v) is 4.43. The molecule has 0 aliphatic carbocycles. The van der Waals surface area contributed by atoms with E-state index in [9.17, 15) is 4.79 Å². The highest BCUT2D eigenvalue weighted by Gasteiger charge is 2.17. The molecule has 0 fully saturated rings. The van der Waals surface area contributed by atoms with Gasteiger partial charge in [0.1, 0.15) is 0 Å². The van der Waals surface area contributed by atoms with E-state index in [0.29, 0.717) is 17.7 Å². The van der Waals surface area contributed by atoms with Crippen molar-refractivity contribution in [1.82, 2.24) is 0 Å². The number of rotatable bonds is 3. The summed E-state index contributed by atoms with van der Waals surface area (Å²) in [6.45, 7) is 8.05. The number of Topliss-reactive ketones (excluding diaryl/α,β-unsaturated/α-hetero) is 1. The first-order valence-electron chi connectivity index (χ1n) is 3.93. The SMILES string of the molecule is CCC(=S)C(=O)CC(C)(C)C. The van der Waals surface area contributed by atoms with Crippen LogP contribution in [0, 0.1) is 5.41 Å². The second kappa shape index (κ2) is 3.96. The third kappa shape index (κ3) is 5.08. The van der Waals surface area contributed by atoms with Gasteiger partial charge in [-0.1, -0.05) is 39.9 Å². The van der Waals surface area contributed by atoms with Crippen molar-refractivity contribution in [2.24, 2.45) is 5.41 Å². The first-order valence-corrected chi connectivity index (χ1v) is 4.33. The van der Waals surface area contributed by atoms with E-state index in [1.807, 2.05) is 27.7 Å². The minimum atomic E-state index is 0.0658. The molecular formula is C9H16OS. The van der Waals surface area contributed by atoms with E-state index in [-0.39, 0.29) is 11.2 Å². The first kappa shape index (κ1) is 10.8. The standard InChI is InChI=1S/C9H16OS/c1-5-8(11)7(10)6-9(2,3)4/h5-6H2,1-4H3. The predicted octanol–water partition coefficient (Wildman–Crippen LogP) is 2.77. The number of carbonyl (C=O) groups excluding carboxylic acids is 1. The molecule has 0 aliphatic rings. The quantitative estimate of drug-likeness (QED) is 0.609. The van der Waals surface area contributed by atoms with E-state index < -0.39 is 0 Å². The Balaban J connectivity index is 3.99. The van der Waals surface area contributed by atoms with Crippen LogP contribution < -0.4 is 0 Å². The Hall–Kier alpha value is -0.240. The van der Waals surface area contributed by atoms with Gasteiger partial charge in [-0.25, -0.2) is 0 Å². The van der Waals surface area contributed by atoms with Crippen LogP contribution in [0.2, 0.25) is 0 Å². The molecule has 0 saturated heterocycles. The van der Waals surface area contributed by atoms with E-state index in [4.69, 9.17) is 12.2 Å². The molecule has 0 N–H and O–H groups in total. The first-order chi connectivity index (χ1) is 4.87. The van der Waals surface area contributed by atoms with Gasteiger partial charge in [0.05, 0.1) is 4.86 Å². The smallest absolute Gasteiger partial charge is 0.170 e. The third-order valence-corrected chi connectivity index (χ3v) is 1.84. The van der Waals surface area contributed by atoms with Crippen molar-refractivity contribution in [2.75, 3.05) is 0 Å². The summed E-state index contributed by atoms with van der Waals surface area (Å²) in [5, 5.41) is 0. The van der Waals surface area contributed by atoms with Crippen LogP contribution in [0.15, 0.2) is 0 Å². The largest absolute Gasteiger partial charge is 0.294 e. The highest BCUT2D eigenvalue weighted by molar-refractivity contribution is 7.82. The average Bonchev–Trinajstić information content (AvgIpc) is 1.82. The van der Waals surface area contributed by atoms with Crippen molar-refractivity contribution < 1.29 is 4.79 Å². The molecule has 64 valence electrons.